The summed E-state index contributed by atoms with van der Waals surface area (Å²) in [6, 6.07) is 23.4. The predicted octanol–water partition coefficient (Wildman–Crippen LogP) is 3.43. The quantitative estimate of drug-likeness (QED) is 0.385. The molecule has 146 valence electrons. The molecule has 3 aromatic carbocycles. The fraction of sp³-hybridized carbons (Fsp3) is 0.0870. The number of phenols is 1. The zero-order valence-electron chi connectivity index (χ0n) is 15.8. The standard InChI is InChI=1S/C23H20N2O4/c1-16-12-13-20(26)19(14-16)23(28)29-15-21(27)24-25-22(17-8-4-2-5-9-17)18-10-6-3-7-11-18/h2-14,26H,15H2,1H3,(H,24,27). The summed E-state index contributed by atoms with van der Waals surface area (Å²) in [6.45, 7) is 1.26. The zero-order valence-corrected chi connectivity index (χ0v) is 15.8. The Bertz CT molecular complexity index is 990. The molecule has 0 bridgehead atoms. The molecule has 0 spiro atoms. The molecule has 0 saturated heterocycles. The highest BCUT2D eigenvalue weighted by Crippen LogP contribution is 2.19. The highest BCUT2D eigenvalue weighted by Gasteiger charge is 2.15. The van der Waals surface area contributed by atoms with E-state index in [0.29, 0.717) is 5.71 Å². The molecule has 29 heavy (non-hydrogen) atoms. The number of carbonyl (C=O) groups is 2. The van der Waals surface area contributed by atoms with Crippen LogP contribution in [-0.2, 0) is 9.53 Å². The maximum Gasteiger partial charge on any atom is 0.342 e. The third kappa shape index (κ3) is 5.29. The largest absolute Gasteiger partial charge is 0.507 e. The first kappa shape index (κ1) is 19.8. The molecule has 0 saturated carbocycles. The zero-order chi connectivity index (χ0) is 20.6. The van der Waals surface area contributed by atoms with Crippen LogP contribution in [0.5, 0.6) is 5.75 Å². The maximum atomic E-state index is 12.1. The van der Waals surface area contributed by atoms with Crippen molar-refractivity contribution in [1.82, 2.24) is 5.43 Å². The summed E-state index contributed by atoms with van der Waals surface area (Å²) >= 11 is 0. The number of ether oxygens (including phenoxy) is 1. The molecule has 0 atom stereocenters. The molecule has 0 fully saturated rings. The number of amides is 1. The summed E-state index contributed by atoms with van der Waals surface area (Å²) in [5.74, 6) is -1.57. The number of aryl methyl sites for hydroxylation is 1. The number of esters is 1. The lowest BCUT2D eigenvalue weighted by Crippen LogP contribution is -2.26. The van der Waals surface area contributed by atoms with Crippen LogP contribution in [0.3, 0.4) is 0 Å². The Kier molecular flexibility index (Phi) is 6.37. The van der Waals surface area contributed by atoms with E-state index in [4.69, 9.17) is 4.74 Å². The van der Waals surface area contributed by atoms with Crippen molar-refractivity contribution in [3.05, 3.63) is 101 Å². The normalized spacial score (nSPS) is 10.1. The topological polar surface area (TPSA) is 88.0 Å². The average Bonchev–Trinajstić information content (AvgIpc) is 2.75. The van der Waals surface area contributed by atoms with Crippen molar-refractivity contribution in [2.45, 2.75) is 6.92 Å². The van der Waals surface area contributed by atoms with Gasteiger partial charge in [-0.15, -0.1) is 0 Å². The minimum absolute atomic E-state index is 0.00978. The summed E-state index contributed by atoms with van der Waals surface area (Å²) in [5.41, 5.74) is 5.48. The number of nitrogens with one attached hydrogen (secondary N) is 1. The Balaban J connectivity index is 1.69. The van der Waals surface area contributed by atoms with Crippen LogP contribution in [0.2, 0.25) is 0 Å². The second kappa shape index (κ2) is 9.32. The highest BCUT2D eigenvalue weighted by molar-refractivity contribution is 6.13. The lowest BCUT2D eigenvalue weighted by molar-refractivity contribution is -0.124. The molecule has 6 nitrogen and oxygen atoms in total. The fourth-order valence-corrected chi connectivity index (χ4v) is 2.66. The molecule has 2 N–H and O–H groups in total. The third-order valence-electron chi connectivity index (χ3n) is 4.09. The number of carbonyl (C=O) groups excluding carboxylic acids is 2. The van der Waals surface area contributed by atoms with E-state index in [2.05, 4.69) is 10.5 Å². The summed E-state index contributed by atoms with van der Waals surface area (Å²) < 4.78 is 4.99. The molecule has 0 heterocycles. The van der Waals surface area contributed by atoms with Crippen molar-refractivity contribution in [1.29, 1.82) is 0 Å². The maximum absolute atomic E-state index is 12.1. The Labute approximate surface area is 168 Å². The number of rotatable bonds is 6. The van der Waals surface area contributed by atoms with Crippen LogP contribution < -0.4 is 5.43 Å². The second-order valence-electron chi connectivity index (χ2n) is 6.32. The van der Waals surface area contributed by atoms with Crippen molar-refractivity contribution in [3.8, 4) is 5.75 Å². The van der Waals surface area contributed by atoms with Crippen molar-refractivity contribution < 1.29 is 19.4 Å². The van der Waals surface area contributed by atoms with Crippen molar-refractivity contribution in [2.75, 3.05) is 6.61 Å². The van der Waals surface area contributed by atoms with E-state index >= 15 is 0 Å². The molecule has 0 aromatic heterocycles. The van der Waals surface area contributed by atoms with E-state index in [1.54, 1.807) is 13.0 Å². The number of hydrazone groups is 1. The van der Waals surface area contributed by atoms with E-state index in [-0.39, 0.29) is 11.3 Å². The summed E-state index contributed by atoms with van der Waals surface area (Å²) in [7, 11) is 0. The van der Waals surface area contributed by atoms with Gasteiger partial charge in [-0.2, -0.15) is 5.10 Å². The number of hydrogen-bond acceptors (Lipinski definition) is 5. The molecule has 3 rings (SSSR count). The van der Waals surface area contributed by atoms with Crippen molar-refractivity contribution in [2.24, 2.45) is 5.10 Å². The second-order valence-corrected chi connectivity index (χ2v) is 6.32. The van der Waals surface area contributed by atoms with Gasteiger partial charge in [-0.3, -0.25) is 4.79 Å². The van der Waals surface area contributed by atoms with Gasteiger partial charge in [0.2, 0.25) is 0 Å². The summed E-state index contributed by atoms with van der Waals surface area (Å²) in [5, 5.41) is 14.0. The van der Waals surface area contributed by atoms with Gasteiger partial charge < -0.3 is 9.84 Å². The van der Waals surface area contributed by atoms with Gasteiger partial charge in [0.1, 0.15) is 11.3 Å². The number of nitrogens with zero attached hydrogens (tertiary/aromatic N) is 1. The highest BCUT2D eigenvalue weighted by atomic mass is 16.5. The Morgan fingerprint density at radius 3 is 2.10 bits per heavy atom. The van der Waals surface area contributed by atoms with Crippen LogP contribution in [0.1, 0.15) is 27.0 Å². The van der Waals surface area contributed by atoms with E-state index in [9.17, 15) is 14.7 Å². The first-order valence-electron chi connectivity index (χ1n) is 8.98. The third-order valence-corrected chi connectivity index (χ3v) is 4.09. The van der Waals surface area contributed by atoms with Crippen LogP contribution in [0.15, 0.2) is 84.0 Å². The van der Waals surface area contributed by atoms with Crippen LogP contribution in [0.25, 0.3) is 0 Å². The molecule has 6 heteroatoms. The predicted molar refractivity (Wildman–Crippen MR) is 110 cm³/mol. The Hall–Kier alpha value is -3.93. The molecule has 3 aromatic rings. The monoisotopic (exact) mass is 388 g/mol. The van der Waals surface area contributed by atoms with Gasteiger partial charge in [0.05, 0.1) is 5.71 Å². The smallest absolute Gasteiger partial charge is 0.342 e. The average molecular weight is 388 g/mol. The van der Waals surface area contributed by atoms with Crippen LogP contribution in [0.4, 0.5) is 0 Å². The van der Waals surface area contributed by atoms with E-state index < -0.39 is 18.5 Å². The first-order valence-corrected chi connectivity index (χ1v) is 8.98. The van der Waals surface area contributed by atoms with Crippen LogP contribution in [0, 0.1) is 6.92 Å². The van der Waals surface area contributed by atoms with E-state index in [0.717, 1.165) is 16.7 Å². The molecule has 0 aliphatic rings. The van der Waals surface area contributed by atoms with Gasteiger partial charge in [-0.1, -0.05) is 72.3 Å². The fourth-order valence-electron chi connectivity index (χ4n) is 2.66. The lowest BCUT2D eigenvalue weighted by Gasteiger charge is -2.09. The van der Waals surface area contributed by atoms with Crippen molar-refractivity contribution >= 4 is 17.6 Å². The van der Waals surface area contributed by atoms with Crippen molar-refractivity contribution in [3.63, 3.8) is 0 Å². The Morgan fingerprint density at radius 2 is 1.52 bits per heavy atom. The number of benzene rings is 3. The molecule has 0 aliphatic carbocycles. The summed E-state index contributed by atoms with van der Waals surface area (Å²) in [6.07, 6.45) is 0. The van der Waals surface area contributed by atoms with Gasteiger partial charge in [0.15, 0.2) is 6.61 Å². The van der Waals surface area contributed by atoms with Crippen LogP contribution >= 0.6 is 0 Å². The minimum atomic E-state index is -0.781. The van der Waals surface area contributed by atoms with Crippen LogP contribution in [-0.4, -0.2) is 29.3 Å². The SMILES string of the molecule is Cc1ccc(O)c(C(=O)OCC(=O)NN=C(c2ccccc2)c2ccccc2)c1. The molecule has 0 unspecified atom stereocenters. The molecule has 1 amide bonds. The number of aromatic hydroxyl groups is 1. The van der Waals surface area contributed by atoms with E-state index in [1.165, 1.54) is 12.1 Å². The number of phenolic OH excluding ortho intramolecular Hbond substituents is 1. The Morgan fingerprint density at radius 1 is 0.931 bits per heavy atom. The first-order chi connectivity index (χ1) is 14.0. The lowest BCUT2D eigenvalue weighted by atomic mass is 10.0. The number of hydrogen-bond donors (Lipinski definition) is 2. The van der Waals surface area contributed by atoms with Gasteiger partial charge in [-0.05, 0) is 19.1 Å². The van der Waals surface area contributed by atoms with Gasteiger partial charge in [-0.25, -0.2) is 10.2 Å². The van der Waals surface area contributed by atoms with Gasteiger partial charge in [0.25, 0.3) is 5.91 Å². The minimum Gasteiger partial charge on any atom is -0.507 e. The van der Waals surface area contributed by atoms with Gasteiger partial charge in [0, 0.05) is 11.1 Å². The summed E-state index contributed by atoms with van der Waals surface area (Å²) in [4.78, 5) is 24.2. The van der Waals surface area contributed by atoms with Gasteiger partial charge >= 0.3 is 5.97 Å². The van der Waals surface area contributed by atoms with E-state index in [1.807, 2.05) is 60.7 Å². The molecular weight excluding hydrogens is 368 g/mol. The molecular formula is C23H20N2O4. The molecule has 0 radical (unpaired) electrons. The molecule has 0 aliphatic heterocycles.